The molecular formula is C10H15N3O4S. The lowest BCUT2D eigenvalue weighted by Gasteiger charge is -2.13. The van der Waals surface area contributed by atoms with Crippen molar-refractivity contribution in [3.8, 4) is 0 Å². The van der Waals surface area contributed by atoms with Gasteiger partial charge in [0.2, 0.25) is 5.82 Å². The molecule has 0 saturated carbocycles. The van der Waals surface area contributed by atoms with E-state index < -0.39 is 20.8 Å². The molecule has 1 rings (SSSR count). The number of hydrogen-bond donors (Lipinski definition) is 1. The van der Waals surface area contributed by atoms with Gasteiger partial charge in [-0.1, -0.05) is 0 Å². The molecule has 7 nitrogen and oxygen atoms in total. The maximum absolute atomic E-state index is 11.1. The van der Waals surface area contributed by atoms with E-state index in [-0.39, 0.29) is 17.3 Å². The molecule has 8 heteroatoms. The molecule has 0 aliphatic rings. The average Bonchev–Trinajstić information content (AvgIpc) is 2.13. The Morgan fingerprint density at radius 3 is 2.67 bits per heavy atom. The Balaban J connectivity index is 2.98. The number of hydrogen-bond acceptors (Lipinski definition) is 6. The highest BCUT2D eigenvalue weighted by Crippen LogP contribution is 2.25. The molecule has 1 aromatic rings. The molecule has 0 aliphatic heterocycles. The lowest BCUT2D eigenvalue weighted by molar-refractivity contribution is -0.384. The summed E-state index contributed by atoms with van der Waals surface area (Å²) in [6.45, 7) is 3.24. The summed E-state index contributed by atoms with van der Waals surface area (Å²) in [6, 6.07) is 1.08. The summed E-state index contributed by atoms with van der Waals surface area (Å²) >= 11 is 0. The zero-order valence-electron chi connectivity index (χ0n) is 10.4. The van der Waals surface area contributed by atoms with E-state index in [9.17, 15) is 18.5 Å². The number of aromatic nitrogens is 1. The van der Waals surface area contributed by atoms with Gasteiger partial charge in [0.05, 0.1) is 10.7 Å². The van der Waals surface area contributed by atoms with Crippen molar-refractivity contribution >= 4 is 21.3 Å². The molecule has 18 heavy (non-hydrogen) atoms. The molecule has 0 aromatic carbocycles. The van der Waals surface area contributed by atoms with Crippen molar-refractivity contribution in [2.24, 2.45) is 0 Å². The van der Waals surface area contributed by atoms with Crippen LogP contribution in [0, 0.1) is 17.0 Å². The van der Waals surface area contributed by atoms with Gasteiger partial charge in [-0.3, -0.25) is 10.1 Å². The van der Waals surface area contributed by atoms with Gasteiger partial charge in [-0.2, -0.15) is 0 Å². The Kier molecular flexibility index (Phi) is 4.23. The highest BCUT2D eigenvalue weighted by Gasteiger charge is 2.20. The lowest BCUT2D eigenvalue weighted by Crippen LogP contribution is -2.26. The van der Waals surface area contributed by atoms with Gasteiger partial charge in [0.15, 0.2) is 0 Å². The van der Waals surface area contributed by atoms with Crippen molar-refractivity contribution in [3.05, 3.63) is 27.9 Å². The summed E-state index contributed by atoms with van der Waals surface area (Å²) < 4.78 is 22.2. The van der Waals surface area contributed by atoms with Crippen LogP contribution in [0.3, 0.4) is 0 Å². The van der Waals surface area contributed by atoms with Crippen molar-refractivity contribution in [1.82, 2.24) is 4.98 Å². The van der Waals surface area contributed by atoms with Gasteiger partial charge in [-0.15, -0.1) is 0 Å². The number of sulfone groups is 1. The number of pyridine rings is 1. The molecule has 1 N–H and O–H groups in total. The normalized spacial score (nSPS) is 13.1. The number of nitrogens with zero attached hydrogens (tertiary/aromatic N) is 2. The molecule has 0 aliphatic carbocycles. The number of rotatable bonds is 5. The smallest absolute Gasteiger partial charge is 0.314 e. The fraction of sp³-hybridized carbons (Fsp3) is 0.500. The van der Waals surface area contributed by atoms with Gasteiger partial charge in [0.1, 0.15) is 9.84 Å². The van der Waals surface area contributed by atoms with E-state index in [0.717, 1.165) is 6.26 Å². The van der Waals surface area contributed by atoms with E-state index in [1.54, 1.807) is 13.8 Å². The summed E-state index contributed by atoms with van der Waals surface area (Å²) in [5, 5.41) is 13.7. The third-order valence-corrected chi connectivity index (χ3v) is 3.35. The van der Waals surface area contributed by atoms with Crippen LogP contribution in [0.1, 0.15) is 12.5 Å². The van der Waals surface area contributed by atoms with E-state index in [4.69, 9.17) is 0 Å². The first-order chi connectivity index (χ1) is 8.20. The van der Waals surface area contributed by atoms with Crippen molar-refractivity contribution in [3.63, 3.8) is 0 Å². The molecule has 1 heterocycles. The van der Waals surface area contributed by atoms with Crippen molar-refractivity contribution in [2.75, 3.05) is 17.3 Å². The van der Waals surface area contributed by atoms with Crippen LogP contribution in [0.25, 0.3) is 0 Å². The molecule has 0 saturated heterocycles. The van der Waals surface area contributed by atoms with Crippen LogP contribution in [0.15, 0.2) is 12.3 Å². The van der Waals surface area contributed by atoms with Gasteiger partial charge in [0, 0.05) is 24.1 Å². The molecular weight excluding hydrogens is 258 g/mol. The highest BCUT2D eigenvalue weighted by atomic mass is 32.2. The third-order valence-electron chi connectivity index (χ3n) is 2.24. The van der Waals surface area contributed by atoms with E-state index in [0.29, 0.717) is 5.56 Å². The van der Waals surface area contributed by atoms with Crippen LogP contribution in [0.5, 0.6) is 0 Å². The molecule has 0 amide bonds. The Bertz CT molecular complexity index is 556. The molecule has 0 bridgehead atoms. The zero-order chi connectivity index (χ0) is 13.9. The van der Waals surface area contributed by atoms with Gasteiger partial charge in [-0.25, -0.2) is 13.4 Å². The largest absolute Gasteiger partial charge is 0.361 e. The van der Waals surface area contributed by atoms with Gasteiger partial charge in [0.25, 0.3) is 0 Å². The second kappa shape index (κ2) is 5.30. The average molecular weight is 273 g/mol. The van der Waals surface area contributed by atoms with Crippen LogP contribution in [-0.4, -0.2) is 36.4 Å². The Hall–Kier alpha value is -1.70. The monoisotopic (exact) mass is 273 g/mol. The third kappa shape index (κ3) is 3.95. The SMILES string of the molecule is Cc1ccnc(NC(C)CS(C)(=O)=O)c1[N+](=O)[O-]. The summed E-state index contributed by atoms with van der Waals surface area (Å²) in [5.41, 5.74) is 0.349. The summed E-state index contributed by atoms with van der Waals surface area (Å²) in [6.07, 6.45) is 2.56. The predicted octanol–water partition coefficient (Wildman–Crippen LogP) is 1.14. The lowest BCUT2D eigenvalue weighted by atomic mass is 10.2. The molecule has 1 aromatic heterocycles. The summed E-state index contributed by atoms with van der Waals surface area (Å²) in [4.78, 5) is 14.3. The van der Waals surface area contributed by atoms with Gasteiger partial charge >= 0.3 is 5.69 Å². The standard InChI is InChI=1S/C10H15N3O4S/c1-7-4-5-11-10(9(7)13(14)15)12-8(2)6-18(3,16)17/h4-5,8H,6H2,1-3H3,(H,11,12). The fourth-order valence-corrected chi connectivity index (χ4v) is 2.61. The predicted molar refractivity (Wildman–Crippen MR) is 68.4 cm³/mol. The molecule has 0 spiro atoms. The van der Waals surface area contributed by atoms with Gasteiger partial charge in [-0.05, 0) is 19.9 Å². The molecule has 0 fully saturated rings. The summed E-state index contributed by atoms with van der Waals surface area (Å²) in [7, 11) is -3.15. The van der Waals surface area contributed by atoms with Crippen LogP contribution < -0.4 is 5.32 Å². The minimum Gasteiger partial charge on any atom is -0.361 e. The number of nitrogens with one attached hydrogen (secondary N) is 1. The summed E-state index contributed by atoms with van der Waals surface area (Å²) in [5.74, 6) is -0.0177. The second-order valence-corrected chi connectivity index (χ2v) is 6.40. The zero-order valence-corrected chi connectivity index (χ0v) is 11.2. The Morgan fingerprint density at radius 2 is 2.17 bits per heavy atom. The number of anilines is 1. The molecule has 100 valence electrons. The van der Waals surface area contributed by atoms with Gasteiger partial charge < -0.3 is 5.32 Å². The van der Waals surface area contributed by atoms with Crippen molar-refractivity contribution < 1.29 is 13.3 Å². The molecule has 1 atom stereocenters. The second-order valence-electron chi connectivity index (χ2n) is 4.22. The number of aryl methyl sites for hydroxylation is 1. The van der Waals surface area contributed by atoms with E-state index in [1.807, 2.05) is 0 Å². The van der Waals surface area contributed by atoms with Crippen molar-refractivity contribution in [2.45, 2.75) is 19.9 Å². The van der Waals surface area contributed by atoms with E-state index in [2.05, 4.69) is 10.3 Å². The van der Waals surface area contributed by atoms with Crippen LogP contribution >= 0.6 is 0 Å². The first kappa shape index (κ1) is 14.4. The minimum atomic E-state index is -3.15. The minimum absolute atomic E-state index is 0.0937. The first-order valence-corrected chi connectivity index (χ1v) is 7.31. The van der Waals surface area contributed by atoms with Crippen LogP contribution in [0.4, 0.5) is 11.5 Å². The number of nitro groups is 1. The van der Waals surface area contributed by atoms with Crippen LogP contribution in [0.2, 0.25) is 0 Å². The van der Waals surface area contributed by atoms with E-state index in [1.165, 1.54) is 12.3 Å². The molecule has 1 unspecified atom stereocenters. The molecule has 0 radical (unpaired) electrons. The topological polar surface area (TPSA) is 102 Å². The maximum Gasteiger partial charge on any atom is 0.314 e. The van der Waals surface area contributed by atoms with E-state index >= 15 is 0 Å². The van der Waals surface area contributed by atoms with Crippen molar-refractivity contribution in [1.29, 1.82) is 0 Å². The van der Waals surface area contributed by atoms with Crippen LogP contribution in [-0.2, 0) is 9.84 Å². The Labute approximate surface area is 105 Å². The first-order valence-electron chi connectivity index (χ1n) is 5.25. The quantitative estimate of drug-likeness (QED) is 0.637. The highest BCUT2D eigenvalue weighted by molar-refractivity contribution is 7.90. The maximum atomic E-state index is 11.1. The fourth-order valence-electron chi connectivity index (χ4n) is 1.62. The Morgan fingerprint density at radius 1 is 1.56 bits per heavy atom.